The molecule has 0 saturated carbocycles. The number of methoxy groups -OCH3 is 3. The molecule has 0 spiro atoms. The van der Waals surface area contributed by atoms with Crippen LogP contribution in [0.1, 0.15) is 10.4 Å². The predicted octanol–water partition coefficient (Wildman–Crippen LogP) is 3.84. The number of nitrogens with zero attached hydrogens (tertiary/aromatic N) is 1. The van der Waals surface area contributed by atoms with E-state index in [0.29, 0.717) is 22.4 Å². The zero-order chi connectivity index (χ0) is 22.7. The van der Waals surface area contributed by atoms with Gasteiger partial charge in [-0.3, -0.25) is 9.59 Å². The average molecular weight is 452 g/mol. The van der Waals surface area contributed by atoms with Crippen LogP contribution in [0.25, 0.3) is 21.0 Å². The van der Waals surface area contributed by atoms with Gasteiger partial charge in [-0.15, -0.1) is 0 Å². The minimum atomic E-state index is -0.449. The van der Waals surface area contributed by atoms with Gasteiger partial charge in [-0.2, -0.15) is 0 Å². The van der Waals surface area contributed by atoms with Gasteiger partial charge < -0.3 is 24.8 Å². The number of fused-ring (bicyclic) bond motifs is 3. The van der Waals surface area contributed by atoms with Crippen LogP contribution >= 0.6 is 11.3 Å². The lowest BCUT2D eigenvalue weighted by Crippen LogP contribution is -2.32. The van der Waals surface area contributed by atoms with Crippen molar-refractivity contribution in [3.8, 4) is 17.2 Å². The average Bonchev–Trinajstić information content (AvgIpc) is 3.24. The molecule has 0 aliphatic rings. The fraction of sp³-hybridized carbons (Fsp3) is 0.174. The summed E-state index contributed by atoms with van der Waals surface area (Å²) in [6.07, 6.45) is 0. The molecule has 1 heterocycles. The Morgan fingerprint density at radius 1 is 0.969 bits per heavy atom. The van der Waals surface area contributed by atoms with Crippen molar-refractivity contribution in [2.75, 3.05) is 33.2 Å². The number of thiazole rings is 1. The Bertz CT molecular complexity index is 1290. The Hall–Kier alpha value is -3.85. The highest BCUT2D eigenvalue weighted by Crippen LogP contribution is 2.38. The molecular weight excluding hydrogens is 430 g/mol. The minimum Gasteiger partial charge on any atom is -0.493 e. The number of carbonyl (C=O) groups excluding carboxylic acids is 2. The molecule has 2 N–H and O–H groups in total. The monoisotopic (exact) mass is 451 g/mol. The summed E-state index contributed by atoms with van der Waals surface area (Å²) < 4.78 is 16.8. The smallest absolute Gasteiger partial charge is 0.251 e. The van der Waals surface area contributed by atoms with Crippen molar-refractivity contribution < 1.29 is 23.8 Å². The Labute approximate surface area is 188 Å². The summed E-state index contributed by atoms with van der Waals surface area (Å²) in [5.74, 6) is 0.253. The number of aromatic nitrogens is 1. The van der Waals surface area contributed by atoms with Crippen LogP contribution in [-0.4, -0.2) is 44.7 Å². The minimum absolute atomic E-state index is 0.216. The molecule has 3 aromatic carbocycles. The molecule has 0 unspecified atom stereocenters. The first kappa shape index (κ1) is 21.4. The molecule has 8 nitrogen and oxygen atoms in total. The molecular formula is C23H21N3O5S. The molecule has 0 fully saturated rings. The highest BCUT2D eigenvalue weighted by atomic mass is 32.1. The van der Waals surface area contributed by atoms with Crippen LogP contribution in [0.15, 0.2) is 48.5 Å². The second-order valence-corrected chi connectivity index (χ2v) is 7.83. The van der Waals surface area contributed by atoms with Crippen molar-refractivity contribution in [2.24, 2.45) is 0 Å². The van der Waals surface area contributed by atoms with Gasteiger partial charge in [0.05, 0.1) is 38.1 Å². The number of amides is 2. The van der Waals surface area contributed by atoms with Crippen molar-refractivity contribution in [1.82, 2.24) is 10.3 Å². The Balaban J connectivity index is 1.45. The third-order valence-corrected chi connectivity index (χ3v) is 5.80. The van der Waals surface area contributed by atoms with Gasteiger partial charge in [0.2, 0.25) is 11.7 Å². The van der Waals surface area contributed by atoms with Gasteiger partial charge in [0.1, 0.15) is 0 Å². The first-order chi connectivity index (χ1) is 15.5. The van der Waals surface area contributed by atoms with Crippen LogP contribution in [0.2, 0.25) is 0 Å². The lowest BCUT2D eigenvalue weighted by atomic mass is 10.1. The van der Waals surface area contributed by atoms with Crippen LogP contribution in [0.5, 0.6) is 17.2 Å². The second kappa shape index (κ2) is 9.11. The molecule has 0 aliphatic carbocycles. The third kappa shape index (κ3) is 4.15. The molecule has 2 amide bonds. The standard InChI is InChI=1S/C23H21N3O5S/c1-29-16-10-14(11-17(30-2)21(16)31-3)22(28)24-12-19(27)25-23-26-20-15-7-5-4-6-13(15)8-9-18(20)32-23/h4-11H,12H2,1-3H3,(H,24,28)(H,25,26,27). The Kier molecular flexibility index (Phi) is 6.09. The van der Waals surface area contributed by atoms with Crippen LogP contribution in [0.4, 0.5) is 5.13 Å². The summed E-state index contributed by atoms with van der Waals surface area (Å²) in [5, 5.41) is 7.93. The van der Waals surface area contributed by atoms with Crippen LogP contribution in [0, 0.1) is 0 Å². The van der Waals surface area contributed by atoms with Crippen molar-refractivity contribution in [3.63, 3.8) is 0 Å². The molecule has 0 atom stereocenters. The number of benzene rings is 3. The topological polar surface area (TPSA) is 98.8 Å². The maximum Gasteiger partial charge on any atom is 0.251 e. The SMILES string of the molecule is COc1cc(C(=O)NCC(=O)Nc2nc3c(ccc4ccccc43)s2)cc(OC)c1OC. The lowest BCUT2D eigenvalue weighted by Gasteiger charge is -2.14. The summed E-state index contributed by atoms with van der Waals surface area (Å²) in [7, 11) is 4.41. The highest BCUT2D eigenvalue weighted by molar-refractivity contribution is 7.22. The van der Waals surface area contributed by atoms with Crippen molar-refractivity contribution in [2.45, 2.75) is 0 Å². The highest BCUT2D eigenvalue weighted by Gasteiger charge is 2.18. The summed E-state index contributed by atoms with van der Waals surface area (Å²) in [6, 6.07) is 15.0. The molecule has 4 rings (SSSR count). The van der Waals surface area contributed by atoms with Gasteiger partial charge in [0.15, 0.2) is 16.6 Å². The molecule has 1 aromatic heterocycles. The van der Waals surface area contributed by atoms with E-state index in [0.717, 1.165) is 21.0 Å². The molecule has 32 heavy (non-hydrogen) atoms. The maximum absolute atomic E-state index is 12.6. The van der Waals surface area contributed by atoms with E-state index in [1.54, 1.807) is 0 Å². The number of carbonyl (C=O) groups is 2. The van der Waals surface area contributed by atoms with E-state index in [-0.39, 0.29) is 18.0 Å². The zero-order valence-corrected chi connectivity index (χ0v) is 18.5. The quantitative estimate of drug-likeness (QED) is 0.443. The molecule has 0 saturated heterocycles. The van der Waals surface area contributed by atoms with Gasteiger partial charge in [-0.05, 0) is 23.6 Å². The molecule has 0 bridgehead atoms. The fourth-order valence-electron chi connectivity index (χ4n) is 3.35. The largest absolute Gasteiger partial charge is 0.493 e. The van der Waals surface area contributed by atoms with Crippen LogP contribution < -0.4 is 24.8 Å². The van der Waals surface area contributed by atoms with Gasteiger partial charge >= 0.3 is 0 Å². The van der Waals surface area contributed by atoms with E-state index in [1.807, 2.05) is 36.4 Å². The van der Waals surface area contributed by atoms with E-state index < -0.39 is 5.91 Å². The molecule has 0 aliphatic heterocycles. The molecule has 164 valence electrons. The molecule has 4 aromatic rings. The van der Waals surface area contributed by atoms with E-state index in [4.69, 9.17) is 14.2 Å². The fourth-order valence-corrected chi connectivity index (χ4v) is 4.25. The van der Waals surface area contributed by atoms with Gasteiger partial charge in [0, 0.05) is 10.9 Å². The zero-order valence-electron chi connectivity index (χ0n) is 17.7. The first-order valence-electron chi connectivity index (χ1n) is 9.70. The maximum atomic E-state index is 12.6. The van der Waals surface area contributed by atoms with Crippen LogP contribution in [-0.2, 0) is 4.79 Å². The van der Waals surface area contributed by atoms with Gasteiger partial charge in [-0.25, -0.2) is 4.98 Å². The van der Waals surface area contributed by atoms with E-state index in [1.165, 1.54) is 44.8 Å². The van der Waals surface area contributed by atoms with Crippen molar-refractivity contribution >= 4 is 49.3 Å². The number of ether oxygens (including phenoxy) is 3. The number of nitrogens with one attached hydrogen (secondary N) is 2. The summed E-state index contributed by atoms with van der Waals surface area (Å²) >= 11 is 1.38. The first-order valence-corrected chi connectivity index (χ1v) is 10.5. The van der Waals surface area contributed by atoms with E-state index in [2.05, 4.69) is 15.6 Å². The van der Waals surface area contributed by atoms with E-state index in [9.17, 15) is 9.59 Å². The third-order valence-electron chi connectivity index (χ3n) is 4.87. The summed E-state index contributed by atoms with van der Waals surface area (Å²) in [4.78, 5) is 29.5. The van der Waals surface area contributed by atoms with Gasteiger partial charge in [-0.1, -0.05) is 41.7 Å². The number of hydrogen-bond donors (Lipinski definition) is 2. The van der Waals surface area contributed by atoms with Crippen molar-refractivity contribution in [1.29, 1.82) is 0 Å². The predicted molar refractivity (Wildman–Crippen MR) is 124 cm³/mol. The van der Waals surface area contributed by atoms with Gasteiger partial charge in [0.25, 0.3) is 5.91 Å². The lowest BCUT2D eigenvalue weighted by molar-refractivity contribution is -0.115. The van der Waals surface area contributed by atoms with Crippen LogP contribution in [0.3, 0.4) is 0 Å². The molecule has 9 heteroatoms. The Morgan fingerprint density at radius 3 is 2.38 bits per heavy atom. The number of hydrogen-bond acceptors (Lipinski definition) is 7. The summed E-state index contributed by atoms with van der Waals surface area (Å²) in [6.45, 7) is -0.216. The summed E-state index contributed by atoms with van der Waals surface area (Å²) in [5.41, 5.74) is 1.11. The second-order valence-electron chi connectivity index (χ2n) is 6.80. The number of rotatable bonds is 7. The molecule has 0 radical (unpaired) electrons. The number of anilines is 1. The Morgan fingerprint density at radius 2 is 1.69 bits per heavy atom. The van der Waals surface area contributed by atoms with E-state index >= 15 is 0 Å². The van der Waals surface area contributed by atoms with Crippen molar-refractivity contribution in [3.05, 3.63) is 54.1 Å². The normalized spacial score (nSPS) is 10.7.